The fourth-order valence-electron chi connectivity index (χ4n) is 1.71. The average Bonchev–Trinajstić information content (AvgIpc) is 2.60. The maximum atomic E-state index is 13.4. The maximum absolute atomic E-state index is 13.4. The molecule has 0 atom stereocenters. The largest absolute Gasteiger partial charge is 0.389 e. The molecule has 0 spiro atoms. The molecule has 0 bridgehead atoms. The summed E-state index contributed by atoms with van der Waals surface area (Å²) < 4.78 is 16.3. The quantitative estimate of drug-likeness (QED) is 0.843. The van der Waals surface area contributed by atoms with E-state index in [2.05, 4.69) is 0 Å². The highest BCUT2D eigenvalue weighted by Crippen LogP contribution is 2.10. The van der Waals surface area contributed by atoms with Gasteiger partial charge >= 0.3 is 5.69 Å². The van der Waals surface area contributed by atoms with E-state index < -0.39 is 5.82 Å². The Balaban J connectivity index is 2.37. The van der Waals surface area contributed by atoms with E-state index in [0.29, 0.717) is 11.1 Å². The zero-order valence-electron chi connectivity index (χ0n) is 9.76. The van der Waals surface area contributed by atoms with E-state index in [1.54, 1.807) is 25.5 Å². The molecule has 0 unspecified atom stereocenters. The number of aryl methyl sites for hydroxylation is 1. The first-order valence-corrected chi connectivity index (χ1v) is 5.69. The third-order valence-corrected chi connectivity index (χ3v) is 2.85. The lowest BCUT2D eigenvalue weighted by atomic mass is 10.1. The molecular weight excluding hydrogens is 253 g/mol. The molecule has 1 aromatic carbocycles. The van der Waals surface area contributed by atoms with Crippen molar-refractivity contribution in [2.45, 2.75) is 6.54 Å². The van der Waals surface area contributed by atoms with Crippen LogP contribution in [0.5, 0.6) is 0 Å². The van der Waals surface area contributed by atoms with Gasteiger partial charge in [0.25, 0.3) is 0 Å². The molecule has 0 saturated heterocycles. The van der Waals surface area contributed by atoms with E-state index in [1.165, 1.54) is 21.3 Å². The predicted molar refractivity (Wildman–Crippen MR) is 71.1 cm³/mol. The van der Waals surface area contributed by atoms with Crippen LogP contribution in [0.4, 0.5) is 4.39 Å². The normalized spacial score (nSPS) is 10.6. The van der Waals surface area contributed by atoms with Gasteiger partial charge in [-0.1, -0.05) is 12.2 Å². The van der Waals surface area contributed by atoms with Crippen LogP contribution in [0.2, 0.25) is 0 Å². The first kappa shape index (κ1) is 12.5. The zero-order valence-corrected chi connectivity index (χ0v) is 10.6. The van der Waals surface area contributed by atoms with E-state index >= 15 is 0 Å². The molecule has 6 heteroatoms. The van der Waals surface area contributed by atoms with Crippen molar-refractivity contribution in [2.24, 2.45) is 12.8 Å². The van der Waals surface area contributed by atoms with Gasteiger partial charge in [-0.25, -0.2) is 9.18 Å². The number of nitrogens with zero attached hydrogens (tertiary/aromatic N) is 2. The van der Waals surface area contributed by atoms with Crippen molar-refractivity contribution in [2.75, 3.05) is 0 Å². The van der Waals surface area contributed by atoms with Crippen molar-refractivity contribution in [3.63, 3.8) is 0 Å². The third-order valence-electron chi connectivity index (χ3n) is 2.61. The summed E-state index contributed by atoms with van der Waals surface area (Å²) in [6.45, 7) is 0.285. The van der Waals surface area contributed by atoms with Gasteiger partial charge in [0, 0.05) is 25.0 Å². The standard InChI is InChI=1S/C12H12FN3OS/c1-15-2-3-16(12(15)17)7-8-4-9(11(14)18)6-10(13)5-8/h2-6H,7H2,1H3,(H2,14,18). The van der Waals surface area contributed by atoms with Crippen LogP contribution >= 0.6 is 12.2 Å². The summed E-state index contributed by atoms with van der Waals surface area (Å²) in [5.74, 6) is -0.417. The molecule has 0 amide bonds. The van der Waals surface area contributed by atoms with Crippen molar-refractivity contribution >= 4 is 17.2 Å². The molecular formula is C12H12FN3OS. The minimum Gasteiger partial charge on any atom is -0.389 e. The summed E-state index contributed by atoms with van der Waals surface area (Å²) in [5, 5.41) is 0. The SMILES string of the molecule is Cn1ccn(Cc2cc(F)cc(C(N)=S)c2)c1=O. The highest BCUT2D eigenvalue weighted by Gasteiger charge is 2.06. The zero-order chi connectivity index (χ0) is 13.3. The number of rotatable bonds is 3. The lowest BCUT2D eigenvalue weighted by Crippen LogP contribution is -2.22. The smallest absolute Gasteiger partial charge is 0.328 e. The fraction of sp³-hybridized carbons (Fsp3) is 0.167. The van der Waals surface area contributed by atoms with Crippen LogP contribution in [-0.2, 0) is 13.6 Å². The van der Waals surface area contributed by atoms with Gasteiger partial charge in [-0.15, -0.1) is 0 Å². The molecule has 4 nitrogen and oxygen atoms in total. The minimum atomic E-state index is -0.417. The Hall–Kier alpha value is -1.95. The van der Waals surface area contributed by atoms with E-state index in [1.807, 2.05) is 0 Å². The van der Waals surface area contributed by atoms with Gasteiger partial charge in [-0.2, -0.15) is 0 Å². The predicted octanol–water partition coefficient (Wildman–Crippen LogP) is 1.01. The number of aromatic nitrogens is 2. The molecule has 2 rings (SSSR count). The van der Waals surface area contributed by atoms with Crippen molar-refractivity contribution in [3.05, 3.63) is 58.0 Å². The highest BCUT2D eigenvalue weighted by molar-refractivity contribution is 7.80. The second-order valence-electron chi connectivity index (χ2n) is 4.03. The lowest BCUT2D eigenvalue weighted by molar-refractivity contribution is 0.621. The summed E-state index contributed by atoms with van der Waals surface area (Å²) >= 11 is 4.81. The van der Waals surface area contributed by atoms with E-state index in [0.717, 1.165) is 0 Å². The monoisotopic (exact) mass is 265 g/mol. The summed E-state index contributed by atoms with van der Waals surface area (Å²) in [4.78, 5) is 11.8. The van der Waals surface area contributed by atoms with Gasteiger partial charge in [0.05, 0.1) is 6.54 Å². The maximum Gasteiger partial charge on any atom is 0.328 e. The number of nitrogens with two attached hydrogens (primary N) is 1. The molecule has 94 valence electrons. The Labute approximate surface area is 108 Å². The van der Waals surface area contributed by atoms with Crippen molar-refractivity contribution in [1.82, 2.24) is 9.13 Å². The summed E-state index contributed by atoms with van der Waals surface area (Å²) in [6, 6.07) is 4.33. The first-order valence-electron chi connectivity index (χ1n) is 5.28. The number of halogens is 1. The van der Waals surface area contributed by atoms with Gasteiger partial charge in [0.1, 0.15) is 10.8 Å². The molecule has 18 heavy (non-hydrogen) atoms. The molecule has 2 N–H and O–H groups in total. The topological polar surface area (TPSA) is 52.9 Å². The number of imidazole rings is 1. The van der Waals surface area contributed by atoms with E-state index in [4.69, 9.17) is 18.0 Å². The Morgan fingerprint density at radius 2 is 2.11 bits per heavy atom. The Morgan fingerprint density at radius 3 is 2.67 bits per heavy atom. The Kier molecular flexibility index (Phi) is 3.29. The summed E-state index contributed by atoms with van der Waals surface area (Å²) in [5.41, 5.74) is 6.42. The molecule has 0 radical (unpaired) electrons. The molecule has 0 aliphatic carbocycles. The van der Waals surface area contributed by atoms with Gasteiger partial charge in [-0.3, -0.25) is 4.57 Å². The summed E-state index contributed by atoms with van der Waals surface area (Å²) in [7, 11) is 1.66. The fourth-order valence-corrected chi connectivity index (χ4v) is 1.83. The van der Waals surface area contributed by atoms with Gasteiger partial charge in [0.15, 0.2) is 0 Å². The van der Waals surface area contributed by atoms with Crippen LogP contribution < -0.4 is 11.4 Å². The molecule has 2 aromatic rings. The molecule has 0 fully saturated rings. The van der Waals surface area contributed by atoms with Crippen LogP contribution in [0.1, 0.15) is 11.1 Å². The average molecular weight is 265 g/mol. The molecule has 0 aliphatic heterocycles. The van der Waals surface area contributed by atoms with Crippen molar-refractivity contribution in [3.8, 4) is 0 Å². The second-order valence-corrected chi connectivity index (χ2v) is 4.47. The highest BCUT2D eigenvalue weighted by atomic mass is 32.1. The lowest BCUT2D eigenvalue weighted by Gasteiger charge is -2.05. The summed E-state index contributed by atoms with van der Waals surface area (Å²) in [6.07, 6.45) is 3.30. The van der Waals surface area contributed by atoms with E-state index in [-0.39, 0.29) is 17.2 Å². The van der Waals surface area contributed by atoms with Crippen LogP contribution in [-0.4, -0.2) is 14.1 Å². The van der Waals surface area contributed by atoms with Crippen LogP contribution in [0.25, 0.3) is 0 Å². The minimum absolute atomic E-state index is 0.135. The molecule has 1 aromatic heterocycles. The number of hydrogen-bond acceptors (Lipinski definition) is 2. The molecule has 0 aliphatic rings. The van der Waals surface area contributed by atoms with Crippen molar-refractivity contribution in [1.29, 1.82) is 0 Å². The molecule has 1 heterocycles. The van der Waals surface area contributed by atoms with Gasteiger partial charge in [-0.05, 0) is 23.8 Å². The van der Waals surface area contributed by atoms with Crippen LogP contribution in [0.15, 0.2) is 35.4 Å². The van der Waals surface area contributed by atoms with Crippen molar-refractivity contribution < 1.29 is 4.39 Å². The third kappa shape index (κ3) is 2.48. The number of thiocarbonyl (C=S) groups is 1. The van der Waals surface area contributed by atoms with E-state index in [9.17, 15) is 9.18 Å². The Morgan fingerprint density at radius 1 is 1.39 bits per heavy atom. The van der Waals surface area contributed by atoms with Crippen LogP contribution in [0, 0.1) is 5.82 Å². The van der Waals surface area contributed by atoms with Gasteiger partial charge in [0.2, 0.25) is 0 Å². The first-order chi connectivity index (χ1) is 8.47. The molecule has 0 saturated carbocycles. The second kappa shape index (κ2) is 4.73. The number of hydrogen-bond donors (Lipinski definition) is 1. The Bertz CT molecular complexity index is 660. The number of benzene rings is 1. The van der Waals surface area contributed by atoms with Crippen LogP contribution in [0.3, 0.4) is 0 Å². The van der Waals surface area contributed by atoms with Gasteiger partial charge < -0.3 is 10.3 Å².